The normalized spacial score (nSPS) is 13.0. The van der Waals surface area contributed by atoms with Crippen LogP contribution in [0.5, 0.6) is 11.5 Å². The molecule has 4 rings (SSSR count). The van der Waals surface area contributed by atoms with Gasteiger partial charge in [0, 0.05) is 5.02 Å². The molecule has 5 nitrogen and oxygen atoms in total. The van der Waals surface area contributed by atoms with Crippen LogP contribution in [-0.2, 0) is 10.0 Å². The van der Waals surface area contributed by atoms with Crippen molar-refractivity contribution < 1.29 is 17.9 Å². The molecule has 1 aliphatic heterocycles. The molecule has 3 aromatic rings. The van der Waals surface area contributed by atoms with Crippen molar-refractivity contribution >= 4 is 21.6 Å². The third-order valence-electron chi connectivity index (χ3n) is 4.75. The van der Waals surface area contributed by atoms with Gasteiger partial charge in [-0.15, -0.1) is 0 Å². The number of halogens is 1. The summed E-state index contributed by atoms with van der Waals surface area (Å²) in [6.45, 7) is 4.10. The molecule has 144 valence electrons. The highest BCUT2D eigenvalue weighted by atomic mass is 35.5. The van der Waals surface area contributed by atoms with Gasteiger partial charge < -0.3 is 9.47 Å². The first kappa shape index (κ1) is 18.8. The Morgan fingerprint density at radius 1 is 0.857 bits per heavy atom. The average Bonchev–Trinajstić information content (AvgIpc) is 3.11. The van der Waals surface area contributed by atoms with Crippen molar-refractivity contribution in [1.29, 1.82) is 0 Å². The molecule has 1 heterocycles. The van der Waals surface area contributed by atoms with Gasteiger partial charge in [0.1, 0.15) is 0 Å². The van der Waals surface area contributed by atoms with Crippen LogP contribution in [0.1, 0.15) is 11.1 Å². The van der Waals surface area contributed by atoms with E-state index in [9.17, 15) is 8.42 Å². The van der Waals surface area contributed by atoms with E-state index in [1.54, 1.807) is 12.1 Å². The highest BCUT2D eigenvalue weighted by Crippen LogP contribution is 2.44. The lowest BCUT2D eigenvalue weighted by atomic mass is 9.92. The van der Waals surface area contributed by atoms with Gasteiger partial charge in [-0.2, -0.15) is 0 Å². The molecule has 0 spiro atoms. The van der Waals surface area contributed by atoms with Crippen molar-refractivity contribution in [2.45, 2.75) is 18.7 Å². The highest BCUT2D eigenvalue weighted by molar-refractivity contribution is 7.89. The zero-order chi connectivity index (χ0) is 20.1. The molecular weight excluding hydrogens is 398 g/mol. The second kappa shape index (κ2) is 6.81. The van der Waals surface area contributed by atoms with Gasteiger partial charge in [0.15, 0.2) is 11.5 Å². The molecule has 0 bridgehead atoms. The van der Waals surface area contributed by atoms with E-state index < -0.39 is 10.0 Å². The van der Waals surface area contributed by atoms with Gasteiger partial charge >= 0.3 is 0 Å². The lowest BCUT2D eigenvalue weighted by Crippen LogP contribution is -2.11. The Balaban J connectivity index is 1.92. The molecule has 28 heavy (non-hydrogen) atoms. The Labute approximate surface area is 168 Å². The van der Waals surface area contributed by atoms with Gasteiger partial charge in [0.25, 0.3) is 0 Å². The fourth-order valence-corrected chi connectivity index (χ4v) is 3.97. The lowest BCUT2D eigenvalue weighted by molar-refractivity contribution is 0.174. The molecule has 0 atom stereocenters. The number of sulfonamides is 1. The number of primary sulfonamides is 1. The lowest BCUT2D eigenvalue weighted by Gasteiger charge is -2.14. The molecule has 0 radical (unpaired) electrons. The zero-order valence-electron chi connectivity index (χ0n) is 15.3. The van der Waals surface area contributed by atoms with Crippen molar-refractivity contribution in [3.63, 3.8) is 0 Å². The summed E-state index contributed by atoms with van der Waals surface area (Å²) < 4.78 is 34.2. The molecule has 3 aromatic carbocycles. The van der Waals surface area contributed by atoms with Crippen LogP contribution in [0.25, 0.3) is 22.3 Å². The van der Waals surface area contributed by atoms with Crippen LogP contribution in [0.2, 0.25) is 5.02 Å². The predicted molar refractivity (Wildman–Crippen MR) is 109 cm³/mol. The average molecular weight is 416 g/mol. The van der Waals surface area contributed by atoms with Gasteiger partial charge in [-0.3, -0.25) is 0 Å². The predicted octanol–water partition coefficient (Wildman–Crippen LogP) is 4.67. The first-order valence-corrected chi connectivity index (χ1v) is 10.5. The summed E-state index contributed by atoms with van der Waals surface area (Å²) in [6, 6.07) is 14.3. The second-order valence-corrected chi connectivity index (χ2v) is 8.68. The van der Waals surface area contributed by atoms with Crippen LogP contribution in [0.15, 0.2) is 53.4 Å². The number of hydrogen-bond donors (Lipinski definition) is 1. The fourth-order valence-electron chi connectivity index (χ4n) is 3.35. The molecule has 7 heteroatoms. The first-order chi connectivity index (χ1) is 13.2. The van der Waals surface area contributed by atoms with E-state index in [2.05, 4.69) is 0 Å². The van der Waals surface area contributed by atoms with Gasteiger partial charge in [-0.05, 0) is 83.6 Å². The van der Waals surface area contributed by atoms with E-state index in [-0.39, 0.29) is 11.7 Å². The Morgan fingerprint density at radius 2 is 1.36 bits per heavy atom. The van der Waals surface area contributed by atoms with Gasteiger partial charge in [0.2, 0.25) is 16.8 Å². The van der Waals surface area contributed by atoms with E-state index in [1.165, 1.54) is 12.1 Å². The minimum Gasteiger partial charge on any atom is -0.454 e. The molecular formula is C21H18ClNO4S. The topological polar surface area (TPSA) is 78.6 Å². The van der Waals surface area contributed by atoms with Crippen molar-refractivity contribution in [1.82, 2.24) is 0 Å². The molecule has 0 aliphatic carbocycles. The number of fused-ring (bicyclic) bond motifs is 1. The van der Waals surface area contributed by atoms with Gasteiger partial charge in [-0.25, -0.2) is 13.6 Å². The Kier molecular flexibility index (Phi) is 4.57. The monoisotopic (exact) mass is 415 g/mol. The maximum absolute atomic E-state index is 11.6. The third kappa shape index (κ3) is 3.35. The molecule has 0 saturated heterocycles. The van der Waals surface area contributed by atoms with Gasteiger partial charge in [-0.1, -0.05) is 23.7 Å². The van der Waals surface area contributed by atoms with E-state index >= 15 is 0 Å². The molecule has 1 aliphatic rings. The standard InChI is InChI=1S/C21H18ClNO4S/c1-12-7-15(8-13(2)21(12)22)18-10-20-19(26-11-27-20)9-17(18)14-3-5-16(6-4-14)28(23,24)25/h3-10H,11H2,1-2H3,(H2,23,24,25). The number of hydrogen-bond acceptors (Lipinski definition) is 4. The maximum atomic E-state index is 11.6. The summed E-state index contributed by atoms with van der Waals surface area (Å²) in [6.07, 6.45) is 0. The molecule has 0 amide bonds. The minimum atomic E-state index is -3.75. The van der Waals surface area contributed by atoms with Gasteiger partial charge in [0.05, 0.1) is 4.90 Å². The fraction of sp³-hybridized carbons (Fsp3) is 0.143. The first-order valence-electron chi connectivity index (χ1n) is 8.58. The van der Waals surface area contributed by atoms with Crippen LogP contribution in [0.3, 0.4) is 0 Å². The molecule has 0 unspecified atom stereocenters. The Morgan fingerprint density at radius 3 is 1.86 bits per heavy atom. The van der Waals surface area contributed by atoms with Crippen molar-refractivity contribution in [2.75, 3.05) is 6.79 Å². The smallest absolute Gasteiger partial charge is 0.238 e. The summed E-state index contributed by atoms with van der Waals surface area (Å²) in [4.78, 5) is 0.0664. The van der Waals surface area contributed by atoms with Crippen molar-refractivity contribution in [2.24, 2.45) is 5.14 Å². The number of ether oxygens (including phenoxy) is 2. The molecule has 2 N–H and O–H groups in total. The largest absolute Gasteiger partial charge is 0.454 e. The van der Waals surface area contributed by atoms with Crippen LogP contribution >= 0.6 is 11.6 Å². The third-order valence-corrected chi connectivity index (χ3v) is 6.28. The highest BCUT2D eigenvalue weighted by Gasteiger charge is 2.20. The summed E-state index contributed by atoms with van der Waals surface area (Å²) in [5, 5.41) is 5.95. The molecule has 0 fully saturated rings. The SMILES string of the molecule is Cc1cc(-c2cc3c(cc2-c2ccc(S(N)(=O)=O)cc2)OCO3)cc(C)c1Cl. The molecule has 0 saturated carbocycles. The zero-order valence-corrected chi connectivity index (χ0v) is 16.9. The Hall–Kier alpha value is -2.54. The maximum Gasteiger partial charge on any atom is 0.238 e. The quantitative estimate of drug-likeness (QED) is 0.674. The van der Waals surface area contributed by atoms with Crippen molar-refractivity contribution in [3.8, 4) is 33.8 Å². The minimum absolute atomic E-state index is 0.0664. The van der Waals surface area contributed by atoms with Crippen LogP contribution in [0.4, 0.5) is 0 Å². The van der Waals surface area contributed by atoms with E-state index in [4.69, 9.17) is 26.2 Å². The second-order valence-electron chi connectivity index (χ2n) is 6.74. The summed E-state index contributed by atoms with van der Waals surface area (Å²) in [5.41, 5.74) is 5.62. The number of nitrogens with two attached hydrogens (primary N) is 1. The number of rotatable bonds is 3. The van der Waals surface area contributed by atoms with Crippen molar-refractivity contribution in [3.05, 3.63) is 64.7 Å². The number of aryl methyl sites for hydroxylation is 2. The van der Waals surface area contributed by atoms with Crippen LogP contribution in [-0.4, -0.2) is 15.2 Å². The Bertz CT molecular complexity index is 1160. The summed E-state index contributed by atoms with van der Waals surface area (Å²) >= 11 is 6.33. The van der Waals surface area contributed by atoms with Crippen LogP contribution in [0, 0.1) is 13.8 Å². The van der Waals surface area contributed by atoms with E-state index in [0.717, 1.165) is 38.4 Å². The molecule has 0 aromatic heterocycles. The van der Waals surface area contributed by atoms with E-state index in [0.29, 0.717) is 11.5 Å². The van der Waals surface area contributed by atoms with E-state index in [1.807, 2.05) is 38.1 Å². The van der Waals surface area contributed by atoms with Crippen LogP contribution < -0.4 is 14.6 Å². The summed E-state index contributed by atoms with van der Waals surface area (Å²) in [7, 11) is -3.75. The summed E-state index contributed by atoms with van der Waals surface area (Å²) in [5.74, 6) is 1.32. The number of benzene rings is 3.